The predicted molar refractivity (Wildman–Crippen MR) is 242 cm³/mol. The maximum atomic E-state index is 15.6. The molecule has 8 heterocycles. The van der Waals surface area contributed by atoms with Crippen molar-refractivity contribution in [1.82, 2.24) is 49.3 Å². The van der Waals surface area contributed by atoms with Crippen LogP contribution in [0.25, 0.3) is 16.6 Å². The Kier molecular flexibility index (Phi) is 12.2. The zero-order valence-corrected chi connectivity index (χ0v) is 37.6. The SMILES string of the molecule is O=C1CCC(c2nn(C3CC3)c3c(C#CCO[C@@H]4CCN(CC5CCC(n6cc(NC(=O)c7cnn8ccc(N9CC(CN%10CC(F)C%10)C9)nc78)c(C(F)F)n6)CC5)C[C@@H]4F)cccc23)C(=O)N1. The fraction of sp³-hybridized carbons (Fsp3) is 0.562. The third-order valence-electron chi connectivity index (χ3n) is 14.6. The second-order valence-electron chi connectivity index (χ2n) is 19.5. The van der Waals surface area contributed by atoms with Gasteiger partial charge in [0.05, 0.1) is 52.8 Å². The highest BCUT2D eigenvalue weighted by atomic mass is 19.3. The second-order valence-corrected chi connectivity index (χ2v) is 19.5. The summed E-state index contributed by atoms with van der Waals surface area (Å²) in [6.45, 7) is 5.09. The summed E-state index contributed by atoms with van der Waals surface area (Å²) in [7, 11) is 0. The molecule has 4 aromatic heterocycles. The van der Waals surface area contributed by atoms with Crippen LogP contribution < -0.4 is 15.5 Å². The molecule has 0 spiro atoms. The number of imide groups is 1. The largest absolute Gasteiger partial charge is 0.362 e. The molecule has 3 atom stereocenters. The number of aromatic nitrogens is 7. The Morgan fingerprint density at radius 3 is 2.46 bits per heavy atom. The minimum absolute atomic E-state index is 0.0567. The van der Waals surface area contributed by atoms with Crippen LogP contribution in [-0.2, 0) is 14.3 Å². The van der Waals surface area contributed by atoms with Gasteiger partial charge in [0.15, 0.2) is 11.3 Å². The van der Waals surface area contributed by atoms with Gasteiger partial charge in [-0.25, -0.2) is 27.1 Å². The van der Waals surface area contributed by atoms with Crippen molar-refractivity contribution < 1.29 is 36.7 Å². The second kappa shape index (κ2) is 18.5. The van der Waals surface area contributed by atoms with Gasteiger partial charge in [0.25, 0.3) is 12.3 Å². The molecule has 1 aromatic carbocycles. The van der Waals surface area contributed by atoms with E-state index in [0.29, 0.717) is 74.3 Å². The lowest BCUT2D eigenvalue weighted by molar-refractivity contribution is -0.134. The summed E-state index contributed by atoms with van der Waals surface area (Å²) in [5, 5.41) is 19.4. The third-order valence-corrected chi connectivity index (χ3v) is 14.6. The molecule has 4 aliphatic heterocycles. The van der Waals surface area contributed by atoms with Gasteiger partial charge in [-0.1, -0.05) is 24.0 Å². The number of halogens is 4. The van der Waals surface area contributed by atoms with Gasteiger partial charge in [0.2, 0.25) is 11.8 Å². The van der Waals surface area contributed by atoms with Crippen molar-refractivity contribution in [3.8, 4) is 11.8 Å². The Morgan fingerprint density at radius 2 is 1.71 bits per heavy atom. The van der Waals surface area contributed by atoms with Crippen LogP contribution in [0.1, 0.15) is 110 Å². The van der Waals surface area contributed by atoms with E-state index < -0.39 is 42.4 Å². The zero-order valence-electron chi connectivity index (χ0n) is 37.6. The topological polar surface area (TPSA) is 160 Å². The molecule has 5 aromatic rings. The highest BCUT2D eigenvalue weighted by molar-refractivity contribution is 6.08. The van der Waals surface area contributed by atoms with Gasteiger partial charge >= 0.3 is 0 Å². The quantitative estimate of drug-likeness (QED) is 0.0858. The first kappa shape index (κ1) is 44.6. The number of nitrogens with one attached hydrogen (secondary N) is 2. The molecule has 68 heavy (non-hydrogen) atoms. The summed E-state index contributed by atoms with van der Waals surface area (Å²) in [6.07, 6.45) is 5.46. The molecule has 3 amide bonds. The average Bonchev–Trinajstić information content (AvgIpc) is 3.72. The van der Waals surface area contributed by atoms with Crippen molar-refractivity contribution in [2.24, 2.45) is 11.8 Å². The van der Waals surface area contributed by atoms with Gasteiger partial charge < -0.3 is 15.0 Å². The number of para-hydroxylation sites is 1. The number of benzene rings is 1. The molecule has 0 bridgehead atoms. The molecule has 6 aliphatic rings. The first-order valence-corrected chi connectivity index (χ1v) is 24.0. The number of ether oxygens (including phenoxy) is 1. The minimum Gasteiger partial charge on any atom is -0.362 e. The lowest BCUT2D eigenvalue weighted by Gasteiger charge is -2.45. The summed E-state index contributed by atoms with van der Waals surface area (Å²) in [4.78, 5) is 49.2. The van der Waals surface area contributed by atoms with Crippen LogP contribution >= 0.6 is 0 Å². The van der Waals surface area contributed by atoms with Gasteiger partial charge in [0.1, 0.15) is 30.3 Å². The molecular weight excluding hydrogens is 885 g/mol. The van der Waals surface area contributed by atoms with Crippen LogP contribution in [0.4, 0.5) is 29.1 Å². The van der Waals surface area contributed by atoms with Crippen LogP contribution in [0.15, 0.2) is 42.9 Å². The van der Waals surface area contributed by atoms with Crippen LogP contribution in [0.5, 0.6) is 0 Å². The molecule has 4 saturated heterocycles. The number of carbonyl (C=O) groups excluding carboxylic acids is 3. The molecule has 20 heteroatoms. The van der Waals surface area contributed by atoms with E-state index in [2.05, 4.69) is 47.4 Å². The van der Waals surface area contributed by atoms with E-state index in [4.69, 9.17) is 14.8 Å². The van der Waals surface area contributed by atoms with Crippen molar-refractivity contribution in [2.75, 3.05) is 69.2 Å². The average molecular weight is 939 g/mol. The summed E-state index contributed by atoms with van der Waals surface area (Å²) in [6, 6.07) is 7.69. The van der Waals surface area contributed by atoms with Gasteiger partial charge in [-0.05, 0) is 69.4 Å². The van der Waals surface area contributed by atoms with E-state index in [1.54, 1.807) is 10.9 Å². The maximum Gasteiger partial charge on any atom is 0.284 e. The number of likely N-dealkylation sites (tertiary alicyclic amines) is 2. The van der Waals surface area contributed by atoms with Crippen molar-refractivity contribution in [3.05, 3.63) is 65.4 Å². The molecule has 2 aliphatic carbocycles. The van der Waals surface area contributed by atoms with E-state index in [1.807, 2.05) is 28.9 Å². The molecule has 16 nitrogen and oxygen atoms in total. The smallest absolute Gasteiger partial charge is 0.284 e. The number of amides is 3. The van der Waals surface area contributed by atoms with E-state index in [9.17, 15) is 27.6 Å². The van der Waals surface area contributed by atoms with Crippen LogP contribution in [-0.4, -0.2) is 139 Å². The Balaban J connectivity index is 0.656. The van der Waals surface area contributed by atoms with Crippen molar-refractivity contribution in [3.63, 3.8) is 0 Å². The molecule has 2 N–H and O–H groups in total. The number of hydrogen-bond acceptors (Lipinski definition) is 11. The van der Waals surface area contributed by atoms with Gasteiger partial charge in [0, 0.05) is 82.5 Å². The summed E-state index contributed by atoms with van der Waals surface area (Å²) < 4.78 is 68.5. The van der Waals surface area contributed by atoms with Crippen molar-refractivity contribution in [1.29, 1.82) is 0 Å². The Morgan fingerprint density at radius 1 is 0.912 bits per heavy atom. The van der Waals surface area contributed by atoms with Crippen molar-refractivity contribution >= 4 is 45.8 Å². The monoisotopic (exact) mass is 938 g/mol. The molecule has 358 valence electrons. The first-order chi connectivity index (χ1) is 33.0. The number of rotatable bonds is 13. The summed E-state index contributed by atoms with van der Waals surface area (Å²) in [5.74, 6) is 6.02. The third kappa shape index (κ3) is 9.07. The van der Waals surface area contributed by atoms with Gasteiger partial charge in [-0.2, -0.15) is 15.3 Å². The van der Waals surface area contributed by atoms with E-state index in [0.717, 1.165) is 68.3 Å². The molecule has 6 fully saturated rings. The van der Waals surface area contributed by atoms with E-state index in [1.165, 1.54) is 16.9 Å². The predicted octanol–water partition coefficient (Wildman–Crippen LogP) is 5.62. The molecular formula is C48H54F4N12O4. The molecule has 11 rings (SSSR count). The number of nitrogens with zero attached hydrogens (tertiary/aromatic N) is 10. The van der Waals surface area contributed by atoms with Crippen LogP contribution in [0, 0.1) is 23.7 Å². The fourth-order valence-electron chi connectivity index (χ4n) is 10.8. The minimum atomic E-state index is -2.91. The zero-order chi connectivity index (χ0) is 46.6. The Hall–Kier alpha value is -5.91. The molecule has 1 unspecified atom stereocenters. The normalized spacial score (nSPS) is 25.4. The summed E-state index contributed by atoms with van der Waals surface area (Å²) in [5.41, 5.74) is 2.21. The van der Waals surface area contributed by atoms with Crippen LogP contribution in [0.3, 0.4) is 0 Å². The highest BCUT2D eigenvalue weighted by Crippen LogP contribution is 2.41. The number of hydrogen-bond donors (Lipinski definition) is 2. The number of fused-ring (bicyclic) bond motifs is 2. The summed E-state index contributed by atoms with van der Waals surface area (Å²) >= 11 is 0. The van der Waals surface area contributed by atoms with Gasteiger partial charge in [-0.15, -0.1) is 0 Å². The van der Waals surface area contributed by atoms with E-state index in [-0.39, 0.29) is 54.7 Å². The standard InChI is InChI=1S/C48H54F4N12O4/c49-31-24-60(25-31)21-29-22-61(23-29)40-15-17-62-46(55-40)36(19-53-62)48(67)54-38-27-63(57-43(38)45(51)52)32-8-6-28(7-9-32)20-59-16-14-39(37(50)26-59)68-18-2-4-30-3-1-5-34-42(35-12-13-41(65)56-47(35)66)58-64(44(30)34)33-10-11-33/h1,3,5,15,17,19,27-29,31-33,35,37,39,45H,6-14,16,18,20-26H2,(H,54,67)(H,56,65,66)/t28?,32?,35?,37-,39+/m0/s1. The van der Waals surface area contributed by atoms with Crippen molar-refractivity contribution in [2.45, 2.75) is 101 Å². The number of alkyl halides is 4. The maximum absolute atomic E-state index is 15.6. The first-order valence-electron chi connectivity index (χ1n) is 24.0. The van der Waals surface area contributed by atoms with E-state index >= 15 is 4.39 Å². The fourth-order valence-corrected chi connectivity index (χ4v) is 10.8. The lowest BCUT2D eigenvalue weighted by atomic mass is 9.85. The number of carbonyl (C=O) groups is 3. The number of piperidine rings is 2. The number of anilines is 2. The Bertz CT molecular complexity index is 2780. The molecule has 2 saturated carbocycles. The van der Waals surface area contributed by atoms with Crippen LogP contribution in [0.2, 0.25) is 0 Å². The lowest BCUT2D eigenvalue weighted by Crippen LogP contribution is -2.57. The Labute approximate surface area is 389 Å². The molecule has 0 radical (unpaired) electrons. The van der Waals surface area contributed by atoms with Gasteiger partial charge in [-0.3, -0.25) is 38.9 Å². The highest BCUT2D eigenvalue weighted by Gasteiger charge is 2.37.